The highest BCUT2D eigenvalue weighted by molar-refractivity contribution is 8.77. The Bertz CT molecular complexity index is 1360. The second kappa shape index (κ2) is 18.5. The van der Waals surface area contributed by atoms with Gasteiger partial charge in [-0.2, -0.15) is 15.2 Å². The zero-order valence-electron chi connectivity index (χ0n) is 29.6. The molecule has 2 fully saturated rings. The summed E-state index contributed by atoms with van der Waals surface area (Å²) in [7, 11) is 0.840. The fourth-order valence-electron chi connectivity index (χ4n) is 5.50. The molecule has 17 heteroatoms. The van der Waals surface area contributed by atoms with Crippen LogP contribution < -0.4 is 15.4 Å². The summed E-state index contributed by atoms with van der Waals surface area (Å²) in [6.07, 6.45) is 4.12. The number of nitriles is 1. The highest BCUT2D eigenvalue weighted by Crippen LogP contribution is 2.50. The molecule has 1 amide bonds. The van der Waals surface area contributed by atoms with E-state index in [4.69, 9.17) is 28.8 Å². The Hall–Kier alpha value is -1.70. The summed E-state index contributed by atoms with van der Waals surface area (Å²) in [4.78, 5) is 26.7. The Morgan fingerprint density at radius 2 is 2.02 bits per heavy atom. The van der Waals surface area contributed by atoms with Gasteiger partial charge in [0.15, 0.2) is 11.2 Å². The molecule has 2 N–H and O–H groups in total. The van der Waals surface area contributed by atoms with Crippen LogP contribution in [0.5, 0.6) is 5.88 Å². The fraction of sp³-hybridized carbons (Fsp3) is 0.774. The number of aromatic nitrogens is 4. The van der Waals surface area contributed by atoms with Crippen molar-refractivity contribution in [2.45, 2.75) is 128 Å². The number of hydrogen-bond acceptors (Lipinski definition) is 13. The van der Waals surface area contributed by atoms with E-state index in [2.05, 4.69) is 85.6 Å². The van der Waals surface area contributed by atoms with Crippen molar-refractivity contribution in [3.05, 3.63) is 6.33 Å². The number of amides is 1. The monoisotopic (exact) mass is 740 g/mol. The molecule has 2 aromatic heterocycles. The predicted molar refractivity (Wildman–Crippen MR) is 198 cm³/mol. The number of rotatable bonds is 19. The maximum atomic E-state index is 12.5. The van der Waals surface area contributed by atoms with Gasteiger partial charge in [-0.15, -0.1) is 0 Å². The number of carbonyl (C=O) groups excluding carboxylic acids is 1. The number of imidazole rings is 1. The zero-order chi connectivity index (χ0) is 34.8. The maximum absolute atomic E-state index is 12.5. The van der Waals surface area contributed by atoms with Gasteiger partial charge in [-0.05, 0) is 46.6 Å². The molecular weight excluding hydrogens is 688 g/mol. The first-order chi connectivity index (χ1) is 22.9. The van der Waals surface area contributed by atoms with Gasteiger partial charge in [0.05, 0.1) is 50.9 Å². The summed E-state index contributed by atoms with van der Waals surface area (Å²) in [6, 6.07) is 3.53. The summed E-state index contributed by atoms with van der Waals surface area (Å²) >= 11 is 0. The van der Waals surface area contributed by atoms with Crippen molar-refractivity contribution in [3.8, 4) is 11.9 Å². The summed E-state index contributed by atoms with van der Waals surface area (Å²) in [5, 5.41) is 15.6. The van der Waals surface area contributed by atoms with Gasteiger partial charge >= 0.3 is 0 Å². The third-order valence-corrected chi connectivity index (χ3v) is 14.7. The van der Waals surface area contributed by atoms with Crippen molar-refractivity contribution < 1.29 is 23.3 Å². The van der Waals surface area contributed by atoms with E-state index in [9.17, 15) is 4.79 Å². The highest BCUT2D eigenvalue weighted by Gasteiger charge is 2.41. The molecule has 13 nitrogen and oxygen atoms in total. The molecule has 268 valence electrons. The lowest BCUT2D eigenvalue weighted by molar-refractivity contribution is -0.120. The molecule has 0 spiro atoms. The number of nitrogens with zero attached hydrogens (tertiary/aromatic N) is 6. The van der Waals surface area contributed by atoms with Gasteiger partial charge in [-0.25, -0.2) is 9.65 Å². The Labute approximate surface area is 295 Å². The quantitative estimate of drug-likeness (QED) is 0.0505. The van der Waals surface area contributed by atoms with Crippen LogP contribution in [-0.4, -0.2) is 93.3 Å². The lowest BCUT2D eigenvalue weighted by Gasteiger charge is -2.37. The van der Waals surface area contributed by atoms with E-state index in [-0.39, 0.29) is 43.1 Å². The highest BCUT2D eigenvalue weighted by atomic mass is 33.1. The van der Waals surface area contributed by atoms with Gasteiger partial charge in [0, 0.05) is 44.0 Å². The van der Waals surface area contributed by atoms with Crippen LogP contribution in [0.25, 0.3) is 11.2 Å². The molecule has 2 aliphatic heterocycles. The third kappa shape index (κ3) is 11.2. The van der Waals surface area contributed by atoms with E-state index in [1.807, 2.05) is 15.4 Å². The van der Waals surface area contributed by atoms with E-state index in [0.29, 0.717) is 60.7 Å². The van der Waals surface area contributed by atoms with Crippen molar-refractivity contribution in [2.75, 3.05) is 31.0 Å². The van der Waals surface area contributed by atoms with Crippen LogP contribution in [0, 0.1) is 11.3 Å². The third-order valence-electron chi connectivity index (χ3n) is 7.93. The SMILES string of the molecule is CC[C@H]1O[C@@H](n2cnc3c(OCC[Si](C)(C)C)nc(NCNC(=O)CC4CCSS4)nc32)C[C@H]1OP(OCCC#N)N(C(C)C)C(C)C. The zero-order valence-corrected chi connectivity index (χ0v) is 33.1. The lowest BCUT2D eigenvalue weighted by Crippen LogP contribution is -2.35. The van der Waals surface area contributed by atoms with Gasteiger partial charge in [0.1, 0.15) is 6.23 Å². The summed E-state index contributed by atoms with van der Waals surface area (Å²) in [5.41, 5.74) is 1.14. The molecule has 48 heavy (non-hydrogen) atoms. The minimum atomic E-state index is -1.43. The van der Waals surface area contributed by atoms with Gasteiger partial charge in [-0.3, -0.25) is 9.36 Å². The predicted octanol–water partition coefficient (Wildman–Crippen LogP) is 6.93. The molecule has 2 unspecified atom stereocenters. The average Bonchev–Trinajstić information content (AvgIpc) is 3.76. The molecule has 0 aliphatic carbocycles. The molecule has 4 rings (SSSR count). The Morgan fingerprint density at radius 1 is 1.25 bits per heavy atom. The molecule has 0 saturated carbocycles. The van der Waals surface area contributed by atoms with Gasteiger partial charge in [-0.1, -0.05) is 48.2 Å². The number of fused-ring (bicyclic) bond motifs is 1. The number of hydrogen-bond donors (Lipinski definition) is 2. The van der Waals surface area contributed by atoms with E-state index >= 15 is 0 Å². The number of carbonyl (C=O) groups is 1. The average molecular weight is 741 g/mol. The first-order valence-corrected chi connectivity index (χ1v) is 24.2. The Morgan fingerprint density at radius 3 is 2.67 bits per heavy atom. The molecule has 0 bridgehead atoms. The summed E-state index contributed by atoms with van der Waals surface area (Å²) in [6.45, 7) is 18.6. The molecule has 2 aromatic rings. The van der Waals surface area contributed by atoms with Crippen LogP contribution in [0.2, 0.25) is 25.7 Å². The lowest BCUT2D eigenvalue weighted by atomic mass is 10.1. The molecule has 5 atom stereocenters. The number of nitrogens with one attached hydrogen (secondary N) is 2. The van der Waals surface area contributed by atoms with Crippen LogP contribution >= 0.6 is 30.1 Å². The number of anilines is 1. The second-order valence-electron chi connectivity index (χ2n) is 13.8. The van der Waals surface area contributed by atoms with E-state index in [1.54, 1.807) is 17.1 Å². The van der Waals surface area contributed by atoms with E-state index in [1.165, 1.54) is 0 Å². The fourth-order valence-corrected chi connectivity index (χ4v) is 10.9. The van der Waals surface area contributed by atoms with Crippen LogP contribution in [0.1, 0.15) is 73.0 Å². The Kier molecular flexibility index (Phi) is 15.1. The topological polar surface area (TPSA) is 149 Å². The molecule has 0 aromatic carbocycles. The van der Waals surface area contributed by atoms with E-state index < -0.39 is 16.6 Å². The largest absolute Gasteiger partial charge is 0.476 e. The Balaban J connectivity index is 1.54. The summed E-state index contributed by atoms with van der Waals surface area (Å²) in [5.74, 6) is 1.84. The van der Waals surface area contributed by atoms with Gasteiger partial charge in [0.25, 0.3) is 8.53 Å². The second-order valence-corrected chi connectivity index (χ2v) is 23.6. The van der Waals surface area contributed by atoms with Crippen molar-refractivity contribution in [1.82, 2.24) is 29.5 Å². The smallest absolute Gasteiger partial charge is 0.259 e. The van der Waals surface area contributed by atoms with Crippen molar-refractivity contribution >= 4 is 61.2 Å². The summed E-state index contributed by atoms with van der Waals surface area (Å²) < 4.78 is 29.9. The van der Waals surface area contributed by atoms with Crippen LogP contribution in [0.4, 0.5) is 5.95 Å². The molecular formula is C31H53N8O5PS2Si. The van der Waals surface area contributed by atoms with Crippen LogP contribution in [0.3, 0.4) is 0 Å². The minimum Gasteiger partial charge on any atom is -0.476 e. The molecule has 2 aliphatic rings. The van der Waals surface area contributed by atoms with Crippen LogP contribution in [0.15, 0.2) is 6.33 Å². The first-order valence-electron chi connectivity index (χ1n) is 17.0. The van der Waals surface area contributed by atoms with Crippen molar-refractivity contribution in [1.29, 1.82) is 5.26 Å². The molecule has 4 heterocycles. The van der Waals surface area contributed by atoms with Gasteiger partial charge in [0.2, 0.25) is 17.7 Å². The standard InChI is InChI=1S/C31H53N8O5PS2Si/c1-9-24-25(44-45(42-13-10-12-32)39(21(2)3)22(4)5)18-27(43-24)38-20-35-28-29(38)36-31(37-30(28)41-14-16-48(6,7)8)34-19-33-26(40)17-23-11-15-46-47-23/h20-25,27H,9-11,13-19H2,1-8H3,(H,33,40)(H,34,36,37)/t23?,24-,25-,27-,45?/m1/s1. The van der Waals surface area contributed by atoms with Crippen molar-refractivity contribution in [3.63, 3.8) is 0 Å². The maximum Gasteiger partial charge on any atom is 0.259 e. The molecule has 0 radical (unpaired) electrons. The minimum absolute atomic E-state index is 0.00120. The first kappa shape index (κ1) is 39.1. The van der Waals surface area contributed by atoms with Gasteiger partial charge < -0.3 is 29.2 Å². The van der Waals surface area contributed by atoms with Crippen LogP contribution in [-0.2, 0) is 18.6 Å². The van der Waals surface area contributed by atoms with Crippen molar-refractivity contribution in [2.24, 2.45) is 0 Å². The van der Waals surface area contributed by atoms with E-state index in [0.717, 1.165) is 24.6 Å². The normalized spacial score (nSPS) is 22.1. The number of ether oxygens (including phenoxy) is 2. The molecule has 2 saturated heterocycles.